The van der Waals surface area contributed by atoms with E-state index < -0.39 is 0 Å². The van der Waals surface area contributed by atoms with Crippen molar-refractivity contribution in [2.45, 2.75) is 26.7 Å². The molecule has 0 bridgehead atoms. The van der Waals surface area contributed by atoms with E-state index in [1.165, 1.54) is 12.1 Å². The third-order valence-corrected chi connectivity index (χ3v) is 2.95. The minimum Gasteiger partial charge on any atom is -0.394 e. The quantitative estimate of drug-likeness (QED) is 0.890. The monoisotopic (exact) mass is 262 g/mol. The number of hydrogen-bond donors (Lipinski definition) is 2. The number of anilines is 3. The highest BCUT2D eigenvalue weighted by molar-refractivity contribution is 5.71. The van der Waals surface area contributed by atoms with Crippen molar-refractivity contribution in [3.8, 4) is 0 Å². The van der Waals surface area contributed by atoms with Gasteiger partial charge < -0.3 is 11.1 Å². The van der Waals surface area contributed by atoms with Gasteiger partial charge in [0.2, 0.25) is 0 Å². The van der Waals surface area contributed by atoms with E-state index in [1.807, 2.05) is 20.0 Å². The van der Waals surface area contributed by atoms with Gasteiger partial charge in [-0.05, 0) is 37.1 Å². The maximum atomic E-state index is 13.4. The molecule has 0 spiro atoms. The molecule has 1 heterocycles. The third-order valence-electron chi connectivity index (χ3n) is 2.95. The van der Waals surface area contributed by atoms with Crippen molar-refractivity contribution in [2.75, 3.05) is 11.1 Å². The lowest BCUT2D eigenvalue weighted by Crippen LogP contribution is -2.01. The second-order valence-corrected chi connectivity index (χ2v) is 4.72. The molecule has 0 saturated carbocycles. The summed E-state index contributed by atoms with van der Waals surface area (Å²) >= 11 is 0. The van der Waals surface area contributed by atoms with E-state index in [9.17, 15) is 4.39 Å². The molecule has 0 unspecified atom stereocenters. The molecule has 0 saturated heterocycles. The van der Waals surface area contributed by atoms with Crippen LogP contribution in [0.15, 0.2) is 18.2 Å². The SMILES string of the molecule is CCCc1nn(C)c(Nc2cc(C)cc(F)c2)c1N. The lowest BCUT2D eigenvalue weighted by molar-refractivity contribution is 0.627. The van der Waals surface area contributed by atoms with Gasteiger partial charge in [-0.2, -0.15) is 5.10 Å². The Labute approximate surface area is 112 Å². The largest absolute Gasteiger partial charge is 0.394 e. The van der Waals surface area contributed by atoms with Gasteiger partial charge in [-0.1, -0.05) is 13.3 Å². The van der Waals surface area contributed by atoms with E-state index >= 15 is 0 Å². The van der Waals surface area contributed by atoms with Crippen LogP contribution in [0.3, 0.4) is 0 Å². The number of halogens is 1. The van der Waals surface area contributed by atoms with E-state index in [0.717, 1.165) is 24.1 Å². The van der Waals surface area contributed by atoms with Gasteiger partial charge in [-0.25, -0.2) is 4.39 Å². The number of aromatic nitrogens is 2. The average molecular weight is 262 g/mol. The molecule has 3 N–H and O–H groups in total. The van der Waals surface area contributed by atoms with Crippen molar-refractivity contribution in [2.24, 2.45) is 7.05 Å². The number of rotatable bonds is 4. The Morgan fingerprint density at radius 1 is 1.37 bits per heavy atom. The van der Waals surface area contributed by atoms with Crippen molar-refractivity contribution in [1.29, 1.82) is 0 Å². The molecule has 102 valence electrons. The Morgan fingerprint density at radius 2 is 2.11 bits per heavy atom. The van der Waals surface area contributed by atoms with Crippen LogP contribution in [0.4, 0.5) is 21.6 Å². The third kappa shape index (κ3) is 2.86. The van der Waals surface area contributed by atoms with Gasteiger partial charge in [0.05, 0.1) is 11.4 Å². The molecule has 2 rings (SSSR count). The first-order valence-electron chi connectivity index (χ1n) is 6.36. The normalized spacial score (nSPS) is 10.7. The highest BCUT2D eigenvalue weighted by Crippen LogP contribution is 2.27. The zero-order valence-corrected chi connectivity index (χ0v) is 11.5. The Hall–Kier alpha value is -2.04. The average Bonchev–Trinajstić information content (AvgIpc) is 2.56. The molecule has 2 aromatic rings. The van der Waals surface area contributed by atoms with Crippen molar-refractivity contribution in [1.82, 2.24) is 9.78 Å². The maximum absolute atomic E-state index is 13.4. The predicted octanol–water partition coefficient (Wildman–Crippen LogP) is 3.15. The Balaban J connectivity index is 2.32. The highest BCUT2D eigenvalue weighted by Gasteiger charge is 2.13. The van der Waals surface area contributed by atoms with Crippen molar-refractivity contribution < 1.29 is 4.39 Å². The number of nitrogens with two attached hydrogens (primary N) is 1. The van der Waals surface area contributed by atoms with Crippen LogP contribution in [0.5, 0.6) is 0 Å². The van der Waals surface area contributed by atoms with Crippen LogP contribution in [0, 0.1) is 12.7 Å². The Kier molecular flexibility index (Phi) is 3.74. The van der Waals surface area contributed by atoms with Crippen molar-refractivity contribution >= 4 is 17.2 Å². The van der Waals surface area contributed by atoms with Gasteiger partial charge in [0.1, 0.15) is 5.82 Å². The maximum Gasteiger partial charge on any atom is 0.152 e. The van der Waals surface area contributed by atoms with Crippen LogP contribution in [-0.4, -0.2) is 9.78 Å². The standard InChI is InChI=1S/C14H19FN4/c1-4-5-12-13(16)14(19(3)18-12)17-11-7-9(2)6-10(15)8-11/h6-8,17H,4-5,16H2,1-3H3. The molecular weight excluding hydrogens is 243 g/mol. The summed E-state index contributed by atoms with van der Waals surface area (Å²) in [5, 5.41) is 7.51. The summed E-state index contributed by atoms with van der Waals surface area (Å²) in [6, 6.07) is 4.80. The molecule has 0 aliphatic heterocycles. The topological polar surface area (TPSA) is 55.9 Å². The van der Waals surface area contributed by atoms with Gasteiger partial charge in [0.25, 0.3) is 0 Å². The summed E-state index contributed by atoms with van der Waals surface area (Å²) in [4.78, 5) is 0. The molecule has 0 aliphatic carbocycles. The summed E-state index contributed by atoms with van der Waals surface area (Å²) < 4.78 is 15.1. The van der Waals surface area contributed by atoms with E-state index in [4.69, 9.17) is 5.73 Å². The number of aryl methyl sites for hydroxylation is 3. The Morgan fingerprint density at radius 3 is 2.74 bits per heavy atom. The second kappa shape index (κ2) is 5.30. The van der Waals surface area contributed by atoms with Crippen LogP contribution in [0.1, 0.15) is 24.6 Å². The molecule has 0 aliphatic rings. The summed E-state index contributed by atoms with van der Waals surface area (Å²) in [6.07, 6.45) is 1.82. The first-order valence-corrected chi connectivity index (χ1v) is 6.36. The lowest BCUT2D eigenvalue weighted by atomic mass is 10.2. The van der Waals surface area contributed by atoms with Crippen LogP contribution in [0.25, 0.3) is 0 Å². The van der Waals surface area contributed by atoms with Crippen LogP contribution >= 0.6 is 0 Å². The number of nitrogen functional groups attached to an aromatic ring is 1. The molecule has 0 amide bonds. The van der Waals surface area contributed by atoms with Crippen molar-refractivity contribution in [3.63, 3.8) is 0 Å². The van der Waals surface area contributed by atoms with Gasteiger partial charge in [-0.15, -0.1) is 0 Å². The highest BCUT2D eigenvalue weighted by atomic mass is 19.1. The van der Waals surface area contributed by atoms with Crippen LogP contribution in [0.2, 0.25) is 0 Å². The smallest absolute Gasteiger partial charge is 0.152 e. The molecule has 4 nitrogen and oxygen atoms in total. The molecule has 5 heteroatoms. The fourth-order valence-electron chi connectivity index (χ4n) is 2.11. The molecule has 0 fully saturated rings. The van der Waals surface area contributed by atoms with Gasteiger partial charge in [-0.3, -0.25) is 4.68 Å². The van der Waals surface area contributed by atoms with Crippen LogP contribution < -0.4 is 11.1 Å². The molecule has 1 aromatic heterocycles. The fraction of sp³-hybridized carbons (Fsp3) is 0.357. The van der Waals surface area contributed by atoms with Crippen LogP contribution in [-0.2, 0) is 13.5 Å². The van der Waals surface area contributed by atoms with Gasteiger partial charge in [0, 0.05) is 12.7 Å². The molecule has 1 aromatic carbocycles. The molecule has 0 atom stereocenters. The molecule has 0 radical (unpaired) electrons. The second-order valence-electron chi connectivity index (χ2n) is 4.72. The molecular formula is C14H19FN4. The minimum absolute atomic E-state index is 0.267. The summed E-state index contributed by atoms with van der Waals surface area (Å²) in [5.41, 5.74) is 9.12. The zero-order valence-electron chi connectivity index (χ0n) is 11.5. The Bertz CT molecular complexity index is 569. The number of benzene rings is 1. The zero-order chi connectivity index (χ0) is 14.0. The summed E-state index contributed by atoms with van der Waals surface area (Å²) in [6.45, 7) is 3.93. The minimum atomic E-state index is -0.267. The first-order chi connectivity index (χ1) is 9.01. The van der Waals surface area contributed by atoms with E-state index in [0.29, 0.717) is 17.2 Å². The number of hydrogen-bond acceptors (Lipinski definition) is 3. The van der Waals surface area contributed by atoms with Gasteiger partial charge in [0.15, 0.2) is 5.82 Å². The number of nitrogens with zero attached hydrogens (tertiary/aromatic N) is 2. The number of nitrogens with one attached hydrogen (secondary N) is 1. The summed E-state index contributed by atoms with van der Waals surface area (Å²) in [5.74, 6) is 0.436. The predicted molar refractivity (Wildman–Crippen MR) is 76.0 cm³/mol. The molecule has 19 heavy (non-hydrogen) atoms. The van der Waals surface area contributed by atoms with Crippen molar-refractivity contribution in [3.05, 3.63) is 35.3 Å². The van der Waals surface area contributed by atoms with Gasteiger partial charge >= 0.3 is 0 Å². The van der Waals surface area contributed by atoms with E-state index in [1.54, 1.807) is 4.68 Å². The fourth-order valence-corrected chi connectivity index (χ4v) is 2.11. The summed E-state index contributed by atoms with van der Waals surface area (Å²) in [7, 11) is 1.82. The lowest BCUT2D eigenvalue weighted by Gasteiger charge is -2.08. The van der Waals surface area contributed by atoms with E-state index in [2.05, 4.69) is 17.3 Å². The van der Waals surface area contributed by atoms with E-state index in [-0.39, 0.29) is 5.82 Å². The first kappa shape index (κ1) is 13.4.